The number of hydrogen-bond donors (Lipinski definition) is 3. The number of carbonyl (C=O) groups excluding carboxylic acids is 4. The van der Waals surface area contributed by atoms with Gasteiger partial charge in [0.2, 0.25) is 0 Å². The number of aliphatic hydroxyl groups excluding tert-OH is 1. The average Bonchev–Trinajstić information content (AvgIpc) is 3.03. The number of esters is 4. The highest BCUT2D eigenvalue weighted by Gasteiger charge is 2.30. The maximum Gasteiger partial charge on any atom is 0.472 e. The fourth-order valence-electron chi connectivity index (χ4n) is 11.3. The van der Waals surface area contributed by atoms with Gasteiger partial charge >= 0.3 is 39.5 Å². The first-order valence-corrected chi connectivity index (χ1v) is 41.5. The molecule has 552 valence electrons. The van der Waals surface area contributed by atoms with Gasteiger partial charge in [-0.2, -0.15) is 0 Å². The summed E-state index contributed by atoms with van der Waals surface area (Å²) in [5, 5.41) is 10.6. The summed E-state index contributed by atoms with van der Waals surface area (Å²) in [6.07, 6.45) is 52.8. The number of hydrogen-bond acceptors (Lipinski definition) is 15. The molecule has 19 heteroatoms. The fraction of sp³-hybridized carbons (Fsp3) is 0.946. The molecule has 0 saturated heterocycles. The smallest absolute Gasteiger partial charge is 0.462 e. The molecule has 0 radical (unpaired) electrons. The Kier molecular flexibility index (Phi) is 64.6. The number of phosphoric acid groups is 2. The summed E-state index contributed by atoms with van der Waals surface area (Å²) in [7, 11) is -9.90. The maximum atomic E-state index is 13.1. The van der Waals surface area contributed by atoms with E-state index in [0.717, 1.165) is 115 Å². The van der Waals surface area contributed by atoms with Crippen LogP contribution >= 0.6 is 15.6 Å². The minimum Gasteiger partial charge on any atom is -0.462 e. The average molecular weight is 1370 g/mol. The molecule has 0 aromatic carbocycles. The zero-order valence-corrected chi connectivity index (χ0v) is 62.3. The van der Waals surface area contributed by atoms with Gasteiger partial charge in [-0.25, -0.2) is 9.13 Å². The minimum absolute atomic E-state index is 0.106. The number of carbonyl (C=O) groups is 4. The van der Waals surface area contributed by atoms with Crippen LogP contribution in [-0.4, -0.2) is 96.7 Å². The van der Waals surface area contributed by atoms with E-state index in [1.54, 1.807) is 0 Å². The highest BCUT2D eigenvalue weighted by molar-refractivity contribution is 7.47. The first-order chi connectivity index (χ1) is 44.9. The lowest BCUT2D eigenvalue weighted by Crippen LogP contribution is -2.30. The normalized spacial score (nSPS) is 14.1. The van der Waals surface area contributed by atoms with E-state index in [-0.39, 0.29) is 25.7 Å². The van der Waals surface area contributed by atoms with E-state index in [2.05, 4.69) is 41.5 Å². The van der Waals surface area contributed by atoms with Crippen LogP contribution in [0.1, 0.15) is 382 Å². The van der Waals surface area contributed by atoms with E-state index in [1.807, 2.05) is 0 Å². The second-order valence-corrected chi connectivity index (χ2v) is 30.5. The van der Waals surface area contributed by atoms with Crippen LogP contribution in [0.3, 0.4) is 0 Å². The van der Waals surface area contributed by atoms with Crippen LogP contribution in [0.4, 0.5) is 0 Å². The molecule has 0 fully saturated rings. The molecule has 0 spiro atoms. The Morgan fingerprint density at radius 1 is 0.290 bits per heavy atom. The predicted molar refractivity (Wildman–Crippen MR) is 377 cm³/mol. The van der Waals surface area contributed by atoms with Crippen molar-refractivity contribution in [2.45, 2.75) is 400 Å². The molecule has 0 aromatic rings. The summed E-state index contributed by atoms with van der Waals surface area (Å²) in [4.78, 5) is 72.6. The summed E-state index contributed by atoms with van der Waals surface area (Å²) in [5.41, 5.74) is 0. The highest BCUT2D eigenvalue weighted by Crippen LogP contribution is 2.45. The third kappa shape index (κ3) is 68.4. The monoisotopic (exact) mass is 1370 g/mol. The molecule has 0 heterocycles. The van der Waals surface area contributed by atoms with Gasteiger partial charge in [0.25, 0.3) is 0 Å². The van der Waals surface area contributed by atoms with Crippen molar-refractivity contribution >= 4 is 39.5 Å². The second kappa shape index (κ2) is 66.0. The van der Waals surface area contributed by atoms with E-state index in [1.165, 1.54) is 186 Å². The van der Waals surface area contributed by atoms with Gasteiger partial charge in [0.15, 0.2) is 12.2 Å². The molecule has 0 bridgehead atoms. The van der Waals surface area contributed by atoms with Crippen LogP contribution in [0.2, 0.25) is 0 Å². The molecule has 0 aliphatic carbocycles. The lowest BCUT2D eigenvalue weighted by atomic mass is 10.0. The fourth-order valence-corrected chi connectivity index (χ4v) is 12.9. The molecule has 0 aliphatic heterocycles. The van der Waals surface area contributed by atoms with Crippen LogP contribution in [0.15, 0.2) is 0 Å². The summed E-state index contributed by atoms with van der Waals surface area (Å²) in [6.45, 7) is 9.57. The van der Waals surface area contributed by atoms with E-state index < -0.39 is 97.5 Å². The van der Waals surface area contributed by atoms with Crippen LogP contribution in [0.5, 0.6) is 0 Å². The lowest BCUT2D eigenvalue weighted by molar-refractivity contribution is -0.161. The zero-order chi connectivity index (χ0) is 68.6. The molecular formula is C74H144O17P2. The van der Waals surface area contributed by atoms with Gasteiger partial charge in [-0.3, -0.25) is 37.3 Å². The van der Waals surface area contributed by atoms with Gasteiger partial charge in [-0.15, -0.1) is 0 Å². The first kappa shape index (κ1) is 91.1. The Labute approximate surface area is 568 Å². The van der Waals surface area contributed by atoms with Crippen LogP contribution in [-0.2, 0) is 65.4 Å². The Bertz CT molecular complexity index is 1800. The van der Waals surface area contributed by atoms with Crippen molar-refractivity contribution in [2.75, 3.05) is 39.6 Å². The number of unbranched alkanes of at least 4 members (excludes halogenated alkanes) is 43. The third-order valence-electron chi connectivity index (χ3n) is 17.2. The molecule has 93 heavy (non-hydrogen) atoms. The van der Waals surface area contributed by atoms with Crippen molar-refractivity contribution in [2.24, 2.45) is 11.8 Å². The SMILES string of the molecule is CCCCCCCCCCCCCCCCCC(=O)OC[C@H](COP(=O)(O)OC[C@@H](O)COP(=O)(O)OC[C@@H](COC(=O)CCCCCCCCC)OC(=O)CCCCCCCCCCCCCC(C)C)OC(=O)CCCCCCCCCCCCCCCCC(C)C. The molecule has 3 N–H and O–H groups in total. The second-order valence-electron chi connectivity index (χ2n) is 27.6. The largest absolute Gasteiger partial charge is 0.472 e. The van der Waals surface area contributed by atoms with Crippen LogP contribution < -0.4 is 0 Å². The number of ether oxygens (including phenoxy) is 4. The molecule has 2 unspecified atom stereocenters. The summed E-state index contributed by atoms with van der Waals surface area (Å²) in [6, 6.07) is 0. The van der Waals surface area contributed by atoms with Crippen molar-refractivity contribution in [1.29, 1.82) is 0 Å². The summed E-state index contributed by atoms with van der Waals surface area (Å²) in [5.74, 6) is -0.561. The van der Waals surface area contributed by atoms with Gasteiger partial charge in [0.1, 0.15) is 19.3 Å². The molecule has 0 aliphatic rings. The number of rotatable bonds is 73. The summed E-state index contributed by atoms with van der Waals surface area (Å²) >= 11 is 0. The topological polar surface area (TPSA) is 237 Å². The van der Waals surface area contributed by atoms with Gasteiger partial charge < -0.3 is 33.8 Å². The Hall–Kier alpha value is -1.94. The molecule has 5 atom stereocenters. The number of phosphoric ester groups is 2. The minimum atomic E-state index is -4.95. The van der Waals surface area contributed by atoms with Crippen LogP contribution in [0, 0.1) is 11.8 Å². The van der Waals surface area contributed by atoms with E-state index in [4.69, 9.17) is 37.0 Å². The van der Waals surface area contributed by atoms with Crippen molar-refractivity contribution in [3.8, 4) is 0 Å². The van der Waals surface area contributed by atoms with Gasteiger partial charge in [-0.05, 0) is 37.5 Å². The quantitative estimate of drug-likeness (QED) is 0.0222. The van der Waals surface area contributed by atoms with Crippen molar-refractivity contribution in [3.05, 3.63) is 0 Å². The van der Waals surface area contributed by atoms with Gasteiger partial charge in [0.05, 0.1) is 26.4 Å². The standard InChI is InChI=1S/C74H144O17P2/c1-7-9-11-13-15-16-17-18-19-23-28-33-39-45-51-57-72(77)85-63-70(91-73(78)58-52-46-40-34-29-24-21-20-22-26-31-37-42-48-54-66(3)4)65-89-93(82,83)87-61-68(75)60-86-92(80,81)88-64-69(62-84-71(76)56-50-44-36-14-12-10-8-2)90-74(79)59-53-47-41-35-30-25-27-32-38-43-49-55-67(5)6/h66-70,75H,7-65H2,1-6H3,(H,80,81)(H,82,83)/t68-,69+,70+/m0/s1. The summed E-state index contributed by atoms with van der Waals surface area (Å²) < 4.78 is 68.4. The van der Waals surface area contributed by atoms with Gasteiger partial charge in [0, 0.05) is 25.7 Å². The third-order valence-corrected chi connectivity index (χ3v) is 19.1. The van der Waals surface area contributed by atoms with E-state index in [0.29, 0.717) is 25.7 Å². The molecule has 17 nitrogen and oxygen atoms in total. The van der Waals surface area contributed by atoms with Crippen molar-refractivity contribution < 1.29 is 80.2 Å². The van der Waals surface area contributed by atoms with Crippen molar-refractivity contribution in [1.82, 2.24) is 0 Å². The Balaban J connectivity index is 5.20. The van der Waals surface area contributed by atoms with Crippen LogP contribution in [0.25, 0.3) is 0 Å². The molecular weight excluding hydrogens is 1220 g/mol. The molecule has 0 saturated carbocycles. The van der Waals surface area contributed by atoms with Gasteiger partial charge in [-0.1, -0.05) is 330 Å². The van der Waals surface area contributed by atoms with Crippen molar-refractivity contribution in [3.63, 3.8) is 0 Å². The van der Waals surface area contributed by atoms with E-state index in [9.17, 15) is 43.2 Å². The van der Waals surface area contributed by atoms with E-state index >= 15 is 0 Å². The zero-order valence-electron chi connectivity index (χ0n) is 60.6. The predicted octanol–water partition coefficient (Wildman–Crippen LogP) is 21.6. The first-order valence-electron chi connectivity index (χ1n) is 38.5. The molecule has 0 aromatic heterocycles. The maximum absolute atomic E-state index is 13.1. The molecule has 0 rings (SSSR count). The lowest BCUT2D eigenvalue weighted by Gasteiger charge is -2.21. The Morgan fingerprint density at radius 2 is 0.495 bits per heavy atom. The highest BCUT2D eigenvalue weighted by atomic mass is 31.2. The number of aliphatic hydroxyl groups is 1. The molecule has 0 amide bonds. The Morgan fingerprint density at radius 3 is 0.731 bits per heavy atom.